The number of esters is 1. The molecule has 1 aromatic carbocycles. The number of benzene rings is 1. The summed E-state index contributed by atoms with van der Waals surface area (Å²) >= 11 is 0. The minimum absolute atomic E-state index is 0.214. The molecule has 0 saturated heterocycles. The Morgan fingerprint density at radius 2 is 1.82 bits per heavy atom. The van der Waals surface area contributed by atoms with E-state index in [0.29, 0.717) is 48.7 Å². The lowest BCUT2D eigenvalue weighted by Crippen LogP contribution is -2.25. The number of anilines is 1. The molecular weight excluding hydrogens is 434 g/mol. The summed E-state index contributed by atoms with van der Waals surface area (Å²) in [6.45, 7) is 12.2. The van der Waals surface area contributed by atoms with Crippen LogP contribution in [0.1, 0.15) is 64.9 Å². The Hall–Kier alpha value is -3.39. The average molecular weight is 470 g/mol. The number of nitrogens with one attached hydrogen (secondary N) is 2. The van der Waals surface area contributed by atoms with Gasteiger partial charge in [-0.25, -0.2) is 4.79 Å². The van der Waals surface area contributed by atoms with Crippen LogP contribution < -0.4 is 10.6 Å². The third kappa shape index (κ3) is 7.05. The van der Waals surface area contributed by atoms with Gasteiger partial charge >= 0.3 is 5.97 Å². The number of nitrogens with zero attached hydrogens (tertiary/aromatic N) is 1. The Kier molecular flexibility index (Phi) is 10.5. The summed E-state index contributed by atoms with van der Waals surface area (Å²) in [5, 5.41) is 5.61. The maximum atomic E-state index is 12.6. The summed E-state index contributed by atoms with van der Waals surface area (Å²) in [5.74, 6) is -0.991. The minimum atomic E-state index is -0.407. The number of carbonyl (C=O) groups is 3. The van der Waals surface area contributed by atoms with E-state index in [2.05, 4.69) is 10.6 Å². The molecule has 0 saturated carbocycles. The number of hydrogen-bond acceptors (Lipinski definition) is 5. The second-order valence-electron chi connectivity index (χ2n) is 7.63. The quantitative estimate of drug-likeness (QED) is 0.277. The third-order valence-electron chi connectivity index (χ3n) is 5.38. The number of hydrogen-bond donors (Lipinski definition) is 2. The summed E-state index contributed by atoms with van der Waals surface area (Å²) in [4.78, 5) is 37.5. The molecule has 2 N–H and O–H groups in total. The van der Waals surface area contributed by atoms with Crippen molar-refractivity contribution in [2.24, 2.45) is 0 Å². The third-order valence-corrected chi connectivity index (χ3v) is 5.38. The molecule has 0 atom stereocenters. The van der Waals surface area contributed by atoms with Crippen LogP contribution in [0.3, 0.4) is 0 Å². The molecule has 34 heavy (non-hydrogen) atoms. The van der Waals surface area contributed by atoms with Gasteiger partial charge in [0.1, 0.15) is 0 Å². The van der Waals surface area contributed by atoms with Gasteiger partial charge in [0.25, 0.3) is 5.91 Å². The van der Waals surface area contributed by atoms with Crippen LogP contribution in [0.15, 0.2) is 30.3 Å². The van der Waals surface area contributed by atoms with Crippen molar-refractivity contribution in [1.82, 2.24) is 9.88 Å². The Morgan fingerprint density at radius 1 is 1.06 bits per heavy atom. The van der Waals surface area contributed by atoms with Crippen LogP contribution in [-0.4, -0.2) is 48.7 Å². The van der Waals surface area contributed by atoms with Crippen molar-refractivity contribution in [3.8, 4) is 0 Å². The molecule has 0 fully saturated rings. The minimum Gasteiger partial charge on any atom is -0.462 e. The zero-order valence-corrected chi connectivity index (χ0v) is 20.7. The Bertz CT molecular complexity index is 1040. The molecule has 8 heteroatoms. The fraction of sp³-hybridized carbons (Fsp3) is 0.423. The van der Waals surface area contributed by atoms with E-state index in [1.165, 1.54) is 6.08 Å². The summed E-state index contributed by atoms with van der Waals surface area (Å²) in [7, 11) is 0. The van der Waals surface area contributed by atoms with Gasteiger partial charge in [0.05, 0.1) is 12.2 Å². The molecule has 0 radical (unpaired) electrons. The van der Waals surface area contributed by atoms with Gasteiger partial charge in [0, 0.05) is 60.6 Å². The molecule has 0 aliphatic heterocycles. The van der Waals surface area contributed by atoms with Crippen molar-refractivity contribution >= 4 is 29.5 Å². The van der Waals surface area contributed by atoms with Gasteiger partial charge in [-0.15, -0.1) is 0 Å². The highest BCUT2D eigenvalue weighted by molar-refractivity contribution is 6.04. The normalized spacial score (nSPS) is 11.0. The Labute approximate surface area is 201 Å². The smallest absolute Gasteiger partial charge is 0.340 e. The van der Waals surface area contributed by atoms with E-state index >= 15 is 0 Å². The first-order valence-electron chi connectivity index (χ1n) is 11.7. The van der Waals surface area contributed by atoms with Crippen molar-refractivity contribution in [3.05, 3.63) is 58.4 Å². The molecular formula is C26H35N3O5. The van der Waals surface area contributed by atoms with Gasteiger partial charge in [-0.05, 0) is 65.3 Å². The van der Waals surface area contributed by atoms with Gasteiger partial charge in [-0.1, -0.05) is 6.07 Å². The highest BCUT2D eigenvalue weighted by Gasteiger charge is 2.22. The van der Waals surface area contributed by atoms with Crippen LogP contribution >= 0.6 is 0 Å². The van der Waals surface area contributed by atoms with Gasteiger partial charge in [0.2, 0.25) is 5.91 Å². The molecule has 0 bridgehead atoms. The SMILES string of the molecule is CCOCCCNC(=O)c1cccc(NC(=O)C=Cc2c(C(=O)OCC)c(C)n(CC)c2C)c1. The molecule has 2 rings (SSSR count). The number of amides is 2. The van der Waals surface area contributed by atoms with Gasteiger partial charge in [-0.3, -0.25) is 9.59 Å². The van der Waals surface area contributed by atoms with Crippen molar-refractivity contribution in [2.75, 3.05) is 31.7 Å². The van der Waals surface area contributed by atoms with Crippen LogP contribution in [0.4, 0.5) is 5.69 Å². The van der Waals surface area contributed by atoms with Gasteiger partial charge < -0.3 is 24.7 Å². The fourth-order valence-electron chi connectivity index (χ4n) is 3.75. The van der Waals surface area contributed by atoms with Crippen molar-refractivity contribution in [1.29, 1.82) is 0 Å². The monoisotopic (exact) mass is 469 g/mol. The molecule has 0 unspecified atom stereocenters. The molecule has 0 spiro atoms. The zero-order valence-electron chi connectivity index (χ0n) is 20.7. The van der Waals surface area contributed by atoms with Crippen LogP contribution in [0.2, 0.25) is 0 Å². The van der Waals surface area contributed by atoms with Crippen LogP contribution in [0.5, 0.6) is 0 Å². The second-order valence-corrected chi connectivity index (χ2v) is 7.63. The molecule has 8 nitrogen and oxygen atoms in total. The van der Waals surface area contributed by atoms with E-state index in [4.69, 9.17) is 9.47 Å². The largest absolute Gasteiger partial charge is 0.462 e. The average Bonchev–Trinajstić information content (AvgIpc) is 3.06. The summed E-state index contributed by atoms with van der Waals surface area (Å²) < 4.78 is 12.5. The van der Waals surface area contributed by atoms with Crippen LogP contribution in [0, 0.1) is 13.8 Å². The topological polar surface area (TPSA) is 98.7 Å². The molecule has 0 aliphatic carbocycles. The summed E-state index contributed by atoms with van der Waals surface area (Å²) in [5.41, 5.74) is 3.77. The lowest BCUT2D eigenvalue weighted by molar-refractivity contribution is -0.111. The number of ether oxygens (including phenoxy) is 2. The number of aromatic nitrogens is 1. The highest BCUT2D eigenvalue weighted by atomic mass is 16.5. The Balaban J connectivity index is 2.10. The van der Waals surface area contributed by atoms with Gasteiger partial charge in [-0.2, -0.15) is 0 Å². The molecule has 1 heterocycles. The van der Waals surface area contributed by atoms with Crippen LogP contribution in [-0.2, 0) is 20.8 Å². The van der Waals surface area contributed by atoms with E-state index in [1.54, 1.807) is 37.3 Å². The number of carbonyl (C=O) groups excluding carboxylic acids is 3. The second kappa shape index (κ2) is 13.3. The first kappa shape index (κ1) is 26.9. The van der Waals surface area contributed by atoms with Gasteiger partial charge in [0.15, 0.2) is 0 Å². The first-order valence-corrected chi connectivity index (χ1v) is 11.7. The van der Waals surface area contributed by atoms with E-state index in [1.807, 2.05) is 32.3 Å². The van der Waals surface area contributed by atoms with E-state index in [-0.39, 0.29) is 18.4 Å². The number of rotatable bonds is 12. The van der Waals surface area contributed by atoms with E-state index in [9.17, 15) is 14.4 Å². The zero-order chi connectivity index (χ0) is 25.1. The fourth-order valence-corrected chi connectivity index (χ4v) is 3.75. The molecule has 2 aromatic rings. The predicted octanol–water partition coefficient (Wildman–Crippen LogP) is 4.11. The lowest BCUT2D eigenvalue weighted by Gasteiger charge is -2.08. The molecule has 1 aromatic heterocycles. The highest BCUT2D eigenvalue weighted by Crippen LogP contribution is 2.25. The molecule has 184 valence electrons. The van der Waals surface area contributed by atoms with E-state index < -0.39 is 5.97 Å². The maximum Gasteiger partial charge on any atom is 0.340 e. The van der Waals surface area contributed by atoms with Crippen molar-refractivity contribution in [2.45, 2.75) is 47.6 Å². The summed E-state index contributed by atoms with van der Waals surface area (Å²) in [6, 6.07) is 6.73. The van der Waals surface area contributed by atoms with Crippen molar-refractivity contribution in [3.63, 3.8) is 0 Å². The summed E-state index contributed by atoms with van der Waals surface area (Å²) in [6.07, 6.45) is 3.74. The van der Waals surface area contributed by atoms with Crippen molar-refractivity contribution < 1.29 is 23.9 Å². The Morgan fingerprint density at radius 3 is 2.50 bits per heavy atom. The lowest BCUT2D eigenvalue weighted by atomic mass is 10.1. The molecule has 2 amide bonds. The molecule has 0 aliphatic rings. The first-order chi connectivity index (χ1) is 16.3. The van der Waals surface area contributed by atoms with Crippen LogP contribution in [0.25, 0.3) is 6.08 Å². The standard InChI is InChI=1S/C26H35N3O5/c1-6-29-18(4)22(24(19(29)5)26(32)34-8-3)13-14-23(30)28-21-12-9-11-20(17-21)25(31)27-15-10-16-33-7-2/h9,11-14,17H,6-8,10,15-16H2,1-5H3,(H,27,31)(H,28,30). The maximum absolute atomic E-state index is 12.6. The predicted molar refractivity (Wildman–Crippen MR) is 133 cm³/mol. The van der Waals surface area contributed by atoms with E-state index in [0.717, 1.165) is 17.8 Å².